The highest BCUT2D eigenvalue weighted by atomic mass is 16.5. The number of aromatic carboxylic acids is 1. The fraction of sp³-hybridized carbons (Fsp3) is 0. The molecule has 0 radical (unpaired) electrons. The molecule has 9 nitrogen and oxygen atoms in total. The Morgan fingerprint density at radius 2 is 1.32 bits per heavy atom. The average Bonchev–Trinajstić information content (AvgIpc) is 3.19. The summed E-state index contributed by atoms with van der Waals surface area (Å²) in [7, 11) is 0. The number of carboxylic acids is 1. The fourth-order valence-electron chi connectivity index (χ4n) is 6.26. The lowest BCUT2D eigenvalue weighted by atomic mass is 9.98. The molecule has 0 aliphatic rings. The van der Waals surface area contributed by atoms with Crippen molar-refractivity contribution in [1.29, 1.82) is 0 Å². The lowest BCUT2D eigenvalue weighted by Gasteiger charge is -2.16. The van der Waals surface area contributed by atoms with E-state index in [1.807, 2.05) is 78.9 Å². The average molecular weight is 695 g/mol. The molecule has 9 heteroatoms. The van der Waals surface area contributed by atoms with Crippen LogP contribution in [0.4, 0.5) is 11.4 Å². The van der Waals surface area contributed by atoms with E-state index < -0.39 is 5.97 Å². The number of carbonyl (C=O) groups is 2. The molecule has 0 aliphatic heterocycles. The number of amides is 1. The van der Waals surface area contributed by atoms with Crippen molar-refractivity contribution in [1.82, 2.24) is 9.78 Å². The Morgan fingerprint density at radius 3 is 2.04 bits per heavy atom. The zero-order valence-electron chi connectivity index (χ0n) is 28.1. The highest BCUT2D eigenvalue weighted by molar-refractivity contribution is 6.07. The number of anilines is 2. The van der Waals surface area contributed by atoms with E-state index in [9.17, 15) is 19.5 Å². The molecular weight excluding hydrogens is 665 g/mol. The first-order valence-corrected chi connectivity index (χ1v) is 16.7. The Hall–Kier alpha value is -7.52. The van der Waals surface area contributed by atoms with Crippen LogP contribution in [0.3, 0.4) is 0 Å². The van der Waals surface area contributed by atoms with Gasteiger partial charge in [-0.2, -0.15) is 9.78 Å². The molecule has 0 saturated heterocycles. The van der Waals surface area contributed by atoms with Crippen molar-refractivity contribution in [3.63, 3.8) is 0 Å². The summed E-state index contributed by atoms with van der Waals surface area (Å²) in [4.78, 5) is 38.4. The number of nitrogen functional groups attached to an aromatic ring is 1. The van der Waals surface area contributed by atoms with Crippen LogP contribution >= 0.6 is 0 Å². The van der Waals surface area contributed by atoms with Crippen molar-refractivity contribution >= 4 is 44.8 Å². The molecule has 0 spiro atoms. The number of hydrogen-bond acceptors (Lipinski definition) is 6. The molecule has 8 rings (SSSR count). The summed E-state index contributed by atoms with van der Waals surface area (Å²) in [6, 6.07) is 47.1. The van der Waals surface area contributed by atoms with Crippen LogP contribution in [0.5, 0.6) is 11.5 Å². The molecule has 256 valence electrons. The third kappa shape index (κ3) is 6.58. The van der Waals surface area contributed by atoms with E-state index in [-0.39, 0.29) is 17.0 Å². The van der Waals surface area contributed by atoms with Crippen molar-refractivity contribution < 1.29 is 19.4 Å². The quantitative estimate of drug-likeness (QED) is 0.135. The van der Waals surface area contributed by atoms with Crippen LogP contribution in [0, 0.1) is 0 Å². The summed E-state index contributed by atoms with van der Waals surface area (Å²) < 4.78 is 7.70. The summed E-state index contributed by atoms with van der Waals surface area (Å²) in [5, 5.41) is 19.8. The molecule has 1 amide bonds. The number of benzene rings is 7. The highest BCUT2D eigenvalue weighted by Gasteiger charge is 2.17. The largest absolute Gasteiger partial charge is 0.478 e. The Labute approximate surface area is 303 Å². The molecule has 0 fully saturated rings. The molecule has 1 heterocycles. The number of ether oxygens (including phenoxy) is 1. The van der Waals surface area contributed by atoms with Crippen molar-refractivity contribution in [2.75, 3.05) is 11.1 Å². The zero-order chi connectivity index (χ0) is 36.5. The molecular formula is C44H30N4O5. The maximum absolute atomic E-state index is 13.9. The normalized spacial score (nSPS) is 11.0. The van der Waals surface area contributed by atoms with E-state index in [1.165, 1.54) is 10.7 Å². The number of rotatable bonds is 8. The minimum absolute atomic E-state index is 0.178. The predicted molar refractivity (Wildman–Crippen MR) is 208 cm³/mol. The van der Waals surface area contributed by atoms with Gasteiger partial charge in [0.25, 0.3) is 11.5 Å². The topological polar surface area (TPSA) is 137 Å². The number of nitrogens with zero attached hydrogens (tertiary/aromatic N) is 2. The Kier molecular flexibility index (Phi) is 8.42. The lowest BCUT2D eigenvalue weighted by molar-refractivity contribution is 0.0696. The standard InChI is InChI=1S/C44H30N4O5/c45-33-15-21-36(22-16-33)53-40-23-14-30(26-39(40)27-6-2-1-3-7-27)41-37-8-4-5-9-38(37)43(50)48(47-41)35-19-17-34(18-20-35)46-42(49)31-12-10-29-25-32(44(51)52)13-11-28(29)24-31/h1-26H,45H2,(H,46,49)(H,51,52). The van der Waals surface area contributed by atoms with Gasteiger partial charge in [0, 0.05) is 33.5 Å². The second kappa shape index (κ2) is 13.7. The van der Waals surface area contributed by atoms with Crippen LogP contribution in [0.15, 0.2) is 163 Å². The first-order chi connectivity index (χ1) is 25.8. The number of carboxylic acid groups (broad SMARTS) is 1. The van der Waals surface area contributed by atoms with Gasteiger partial charge in [0.05, 0.1) is 22.3 Å². The van der Waals surface area contributed by atoms with E-state index in [1.54, 1.807) is 72.8 Å². The minimum atomic E-state index is -1.01. The molecule has 0 aliphatic carbocycles. The summed E-state index contributed by atoms with van der Waals surface area (Å²) in [5.41, 5.74) is 11.1. The van der Waals surface area contributed by atoms with Crippen LogP contribution < -0.4 is 21.3 Å². The van der Waals surface area contributed by atoms with Crippen LogP contribution in [0.25, 0.3) is 49.6 Å². The van der Waals surface area contributed by atoms with Gasteiger partial charge in [-0.3, -0.25) is 9.59 Å². The predicted octanol–water partition coefficient (Wildman–Crippen LogP) is 9.20. The first kappa shape index (κ1) is 32.7. The molecule has 7 aromatic carbocycles. The molecule has 1 aromatic heterocycles. The van der Waals surface area contributed by atoms with Gasteiger partial charge in [-0.25, -0.2) is 4.79 Å². The number of hydrogen-bond donors (Lipinski definition) is 3. The number of fused-ring (bicyclic) bond motifs is 2. The van der Waals surface area contributed by atoms with Crippen LogP contribution in [-0.2, 0) is 0 Å². The van der Waals surface area contributed by atoms with Gasteiger partial charge in [-0.15, -0.1) is 0 Å². The molecule has 8 aromatic rings. The third-order valence-corrected chi connectivity index (χ3v) is 8.97. The molecule has 0 unspecified atom stereocenters. The second-order valence-corrected chi connectivity index (χ2v) is 12.4. The van der Waals surface area contributed by atoms with Crippen molar-refractivity contribution in [3.8, 4) is 39.6 Å². The SMILES string of the molecule is Nc1ccc(Oc2ccc(-c3nn(-c4ccc(NC(=O)c5ccc6cc(C(=O)O)ccc6c5)cc4)c(=O)c4ccccc34)cc2-c2ccccc2)cc1. The first-order valence-electron chi connectivity index (χ1n) is 16.7. The summed E-state index contributed by atoms with van der Waals surface area (Å²) >= 11 is 0. The van der Waals surface area contributed by atoms with Crippen molar-refractivity contribution in [3.05, 3.63) is 179 Å². The fourth-order valence-corrected chi connectivity index (χ4v) is 6.26. The van der Waals surface area contributed by atoms with Gasteiger partial charge in [0.15, 0.2) is 0 Å². The smallest absolute Gasteiger partial charge is 0.335 e. The Bertz CT molecular complexity index is 2740. The summed E-state index contributed by atoms with van der Waals surface area (Å²) in [6.07, 6.45) is 0. The van der Waals surface area contributed by atoms with Gasteiger partial charge in [-0.1, -0.05) is 60.7 Å². The van der Waals surface area contributed by atoms with Gasteiger partial charge < -0.3 is 20.9 Å². The summed E-state index contributed by atoms with van der Waals surface area (Å²) in [6.45, 7) is 0. The molecule has 53 heavy (non-hydrogen) atoms. The molecule has 4 N–H and O–H groups in total. The maximum atomic E-state index is 13.9. The highest BCUT2D eigenvalue weighted by Crippen LogP contribution is 2.38. The lowest BCUT2D eigenvalue weighted by Crippen LogP contribution is -2.22. The van der Waals surface area contributed by atoms with Gasteiger partial charge in [-0.05, 0) is 113 Å². The zero-order valence-corrected chi connectivity index (χ0v) is 28.1. The van der Waals surface area contributed by atoms with E-state index in [0.29, 0.717) is 50.6 Å². The molecule has 0 saturated carbocycles. The molecule has 0 atom stereocenters. The van der Waals surface area contributed by atoms with Gasteiger partial charge in [0.2, 0.25) is 0 Å². The maximum Gasteiger partial charge on any atom is 0.335 e. The number of aromatic nitrogens is 2. The number of carbonyl (C=O) groups excluding carboxylic acids is 1. The minimum Gasteiger partial charge on any atom is -0.478 e. The number of nitrogens with two attached hydrogens (primary N) is 1. The van der Waals surface area contributed by atoms with Gasteiger partial charge >= 0.3 is 5.97 Å². The van der Waals surface area contributed by atoms with E-state index in [4.69, 9.17) is 15.6 Å². The van der Waals surface area contributed by atoms with E-state index in [2.05, 4.69) is 5.32 Å². The van der Waals surface area contributed by atoms with Crippen LogP contribution in [0.2, 0.25) is 0 Å². The van der Waals surface area contributed by atoms with Crippen LogP contribution in [0.1, 0.15) is 20.7 Å². The van der Waals surface area contributed by atoms with E-state index in [0.717, 1.165) is 27.5 Å². The Morgan fingerprint density at radius 1 is 0.660 bits per heavy atom. The van der Waals surface area contributed by atoms with Crippen molar-refractivity contribution in [2.45, 2.75) is 0 Å². The number of nitrogens with one attached hydrogen (secondary N) is 1. The monoisotopic (exact) mass is 694 g/mol. The van der Waals surface area contributed by atoms with Crippen LogP contribution in [-0.4, -0.2) is 26.8 Å². The van der Waals surface area contributed by atoms with E-state index >= 15 is 0 Å². The van der Waals surface area contributed by atoms with Crippen molar-refractivity contribution in [2.24, 2.45) is 0 Å². The second-order valence-electron chi connectivity index (χ2n) is 12.4. The third-order valence-electron chi connectivity index (χ3n) is 8.97. The molecule has 0 bridgehead atoms. The Balaban J connectivity index is 1.13. The summed E-state index contributed by atoms with van der Waals surface area (Å²) in [5.74, 6) is -0.0459. The van der Waals surface area contributed by atoms with Gasteiger partial charge in [0.1, 0.15) is 11.5 Å².